The lowest BCUT2D eigenvalue weighted by Crippen LogP contribution is -2.17. The van der Waals surface area contributed by atoms with Gasteiger partial charge in [0.2, 0.25) is 0 Å². The van der Waals surface area contributed by atoms with Crippen LogP contribution in [0.15, 0.2) is 194 Å². The quantitative estimate of drug-likeness (QED) is 0.173. The van der Waals surface area contributed by atoms with Crippen LogP contribution in [0.3, 0.4) is 0 Å². The largest absolute Gasteiger partial charge is 0.484 e. The molecule has 1 aromatic heterocycles. The Balaban J connectivity index is 0.971. The van der Waals surface area contributed by atoms with Crippen molar-refractivity contribution in [1.82, 2.24) is 9.55 Å². The van der Waals surface area contributed by atoms with Crippen molar-refractivity contribution in [2.45, 2.75) is 50.5 Å². The molecule has 0 saturated heterocycles. The number of hydrogen-bond acceptors (Lipinski definition) is 2. The molecule has 64 heavy (non-hydrogen) atoms. The minimum atomic E-state index is -0.109. The number of para-hydroxylation sites is 3. The first-order valence-electron chi connectivity index (χ1n) is 22.6. The lowest BCUT2D eigenvalue weighted by molar-refractivity contribution is 0.270. The van der Waals surface area contributed by atoms with E-state index in [-0.39, 0.29) is 22.9 Å². The maximum atomic E-state index is 7.10. The van der Waals surface area contributed by atoms with Gasteiger partial charge < -0.3 is 4.74 Å². The van der Waals surface area contributed by atoms with Gasteiger partial charge >= 0.3 is 0 Å². The third-order valence-electron chi connectivity index (χ3n) is 14.7. The summed E-state index contributed by atoms with van der Waals surface area (Å²) < 4.78 is 9.38. The van der Waals surface area contributed by atoms with Crippen molar-refractivity contribution in [2.24, 2.45) is 0 Å². The Morgan fingerprint density at radius 3 is 1.86 bits per heavy atom. The molecule has 0 radical (unpaired) electrons. The molecule has 2 heterocycles. The van der Waals surface area contributed by atoms with Crippen LogP contribution in [0, 0.1) is 0 Å². The van der Waals surface area contributed by atoms with Gasteiger partial charge in [-0.15, -0.1) is 0 Å². The molecule has 0 amide bonds. The van der Waals surface area contributed by atoms with Crippen molar-refractivity contribution in [2.75, 3.05) is 0 Å². The fourth-order valence-electron chi connectivity index (χ4n) is 11.4. The molecule has 0 spiro atoms. The van der Waals surface area contributed by atoms with Crippen molar-refractivity contribution in [3.63, 3.8) is 0 Å². The van der Waals surface area contributed by atoms with E-state index < -0.39 is 0 Å². The van der Waals surface area contributed by atoms with E-state index in [0.29, 0.717) is 0 Å². The predicted molar refractivity (Wildman–Crippen MR) is 263 cm³/mol. The second kappa shape index (κ2) is 13.5. The lowest BCUT2D eigenvalue weighted by atomic mass is 9.80. The van der Waals surface area contributed by atoms with Crippen LogP contribution in [0.4, 0.5) is 0 Å². The molecule has 0 N–H and O–H groups in total. The first-order chi connectivity index (χ1) is 31.2. The number of fused-ring (bicyclic) bond motifs is 10. The molecule has 4 aliphatic rings. The zero-order valence-corrected chi connectivity index (χ0v) is 36.4. The highest BCUT2D eigenvalue weighted by atomic mass is 16.5. The van der Waals surface area contributed by atoms with E-state index in [1.54, 1.807) is 0 Å². The monoisotopic (exact) mass is 822 g/mol. The van der Waals surface area contributed by atoms with Gasteiger partial charge in [0.05, 0.1) is 11.0 Å². The number of ether oxygens (including phenoxy) is 1. The maximum absolute atomic E-state index is 7.10. The molecule has 9 aromatic rings. The highest BCUT2D eigenvalue weighted by molar-refractivity contribution is 5.90. The summed E-state index contributed by atoms with van der Waals surface area (Å²) in [6.45, 7) is 9.44. The maximum Gasteiger partial charge on any atom is 0.145 e. The van der Waals surface area contributed by atoms with Crippen LogP contribution >= 0.6 is 0 Å². The van der Waals surface area contributed by atoms with E-state index in [1.165, 1.54) is 72.3 Å². The van der Waals surface area contributed by atoms with E-state index in [1.807, 2.05) is 0 Å². The molecule has 13 rings (SSSR count). The van der Waals surface area contributed by atoms with Crippen LogP contribution in [-0.2, 0) is 10.8 Å². The second-order valence-electron chi connectivity index (χ2n) is 19.1. The molecule has 0 saturated carbocycles. The topological polar surface area (TPSA) is 27.1 Å². The molecule has 1 aliphatic heterocycles. The average Bonchev–Trinajstić information content (AvgIpc) is 4.04. The summed E-state index contributed by atoms with van der Waals surface area (Å²) >= 11 is 0. The predicted octanol–water partition coefficient (Wildman–Crippen LogP) is 15.1. The van der Waals surface area contributed by atoms with Gasteiger partial charge in [0.15, 0.2) is 0 Å². The zero-order valence-electron chi connectivity index (χ0n) is 36.4. The number of imidazole rings is 1. The normalized spacial score (nSPS) is 17.8. The summed E-state index contributed by atoms with van der Waals surface area (Å²) in [6.07, 6.45) is 6.91. The molecule has 2 atom stereocenters. The van der Waals surface area contributed by atoms with Crippen LogP contribution in [-0.4, -0.2) is 15.7 Å². The molecule has 2 unspecified atom stereocenters. The Kier molecular flexibility index (Phi) is 7.83. The van der Waals surface area contributed by atoms with Gasteiger partial charge in [-0.1, -0.05) is 161 Å². The summed E-state index contributed by atoms with van der Waals surface area (Å²) in [6, 6.07) is 64.6. The lowest BCUT2D eigenvalue weighted by Gasteiger charge is -2.23. The number of nitrogens with zero attached hydrogens (tertiary/aromatic N) is 2. The Hall–Kier alpha value is -7.49. The Labute approximate surface area is 374 Å². The highest BCUT2D eigenvalue weighted by Crippen LogP contribution is 2.54. The van der Waals surface area contributed by atoms with Crippen molar-refractivity contribution in [3.05, 3.63) is 228 Å². The Morgan fingerprint density at radius 2 is 1.11 bits per heavy atom. The second-order valence-corrected chi connectivity index (χ2v) is 19.1. The van der Waals surface area contributed by atoms with E-state index in [4.69, 9.17) is 9.72 Å². The smallest absolute Gasteiger partial charge is 0.145 e. The Bertz CT molecular complexity index is 3490. The first-order valence-corrected chi connectivity index (χ1v) is 22.6. The summed E-state index contributed by atoms with van der Waals surface area (Å²) in [5.41, 5.74) is 23.2. The fourth-order valence-corrected chi connectivity index (χ4v) is 11.4. The SMILES string of the molecule is CC1(C)c2ccccc2-c2ccc(C3=CC4c5cc(-c6ccc7c(c6)C(C)(C)c6ccccc6-7)cc(-c6cccc(-c7nc8ccccc8n7-c7ccccc7)c6)c5OC4C=C3)cc21. The number of benzene rings is 8. The van der Waals surface area contributed by atoms with E-state index >= 15 is 0 Å². The van der Waals surface area contributed by atoms with Crippen molar-refractivity contribution >= 4 is 16.6 Å². The molecule has 8 aromatic carbocycles. The van der Waals surface area contributed by atoms with Crippen LogP contribution < -0.4 is 4.74 Å². The summed E-state index contributed by atoms with van der Waals surface area (Å²) in [7, 11) is 0. The van der Waals surface area contributed by atoms with Gasteiger partial charge in [-0.3, -0.25) is 4.57 Å². The first kappa shape index (κ1) is 37.1. The van der Waals surface area contributed by atoms with Crippen LogP contribution in [0.2, 0.25) is 0 Å². The molecule has 306 valence electrons. The van der Waals surface area contributed by atoms with Gasteiger partial charge in [0.1, 0.15) is 17.7 Å². The molecule has 0 bridgehead atoms. The zero-order chi connectivity index (χ0) is 42.9. The Morgan fingerprint density at radius 1 is 0.484 bits per heavy atom. The van der Waals surface area contributed by atoms with Gasteiger partial charge in [-0.2, -0.15) is 0 Å². The van der Waals surface area contributed by atoms with Crippen molar-refractivity contribution < 1.29 is 4.74 Å². The number of allylic oxidation sites excluding steroid dienone is 2. The number of aromatic nitrogens is 2. The molecular weight excluding hydrogens is 777 g/mol. The standard InChI is InChI=1S/C61H46N2O/c1-60(2)51-21-10-8-19-44(51)46-28-25-38(35-53(46)60)37-27-30-57-49(32-37)50-34-42(39-26-29-47-45-20-9-11-22-52(45)61(3,4)54(47)36-39)33-48(58(50)64-57)40-15-14-16-41(31-40)59-62-55-23-12-13-24-56(55)63(59)43-17-6-5-7-18-43/h5-36,49,57H,1-4H3. The molecule has 3 heteroatoms. The van der Waals surface area contributed by atoms with Crippen LogP contribution in [0.5, 0.6) is 5.75 Å². The van der Waals surface area contributed by atoms with Crippen molar-refractivity contribution in [3.8, 4) is 67.3 Å². The summed E-state index contributed by atoms with van der Waals surface area (Å²) in [5.74, 6) is 1.91. The van der Waals surface area contributed by atoms with Gasteiger partial charge in [0, 0.05) is 39.1 Å². The molecule has 3 nitrogen and oxygen atoms in total. The summed E-state index contributed by atoms with van der Waals surface area (Å²) in [5, 5.41) is 0. The van der Waals surface area contributed by atoms with Gasteiger partial charge in [-0.05, 0) is 133 Å². The van der Waals surface area contributed by atoms with Gasteiger partial charge in [0.25, 0.3) is 0 Å². The van der Waals surface area contributed by atoms with E-state index in [9.17, 15) is 0 Å². The van der Waals surface area contributed by atoms with E-state index in [2.05, 4.69) is 226 Å². The van der Waals surface area contributed by atoms with Crippen LogP contribution in [0.25, 0.3) is 78.2 Å². The summed E-state index contributed by atoms with van der Waals surface area (Å²) in [4.78, 5) is 5.25. The molecule has 0 fully saturated rings. The minimum absolute atomic E-state index is 0.0488. The molecular formula is C61H46N2O. The van der Waals surface area contributed by atoms with Gasteiger partial charge in [-0.25, -0.2) is 4.98 Å². The fraction of sp³-hybridized carbons (Fsp3) is 0.131. The minimum Gasteiger partial charge on any atom is -0.484 e. The highest BCUT2D eigenvalue weighted by Gasteiger charge is 2.39. The third-order valence-corrected chi connectivity index (χ3v) is 14.7. The van der Waals surface area contributed by atoms with E-state index in [0.717, 1.165) is 45.0 Å². The average molecular weight is 823 g/mol. The number of rotatable bonds is 5. The van der Waals surface area contributed by atoms with Crippen LogP contribution in [0.1, 0.15) is 67.0 Å². The third kappa shape index (κ3) is 5.37. The number of hydrogen-bond donors (Lipinski definition) is 0. The molecule has 3 aliphatic carbocycles. The van der Waals surface area contributed by atoms with Crippen molar-refractivity contribution in [1.29, 1.82) is 0 Å².